The maximum Gasteiger partial charge on any atom is 0.165 e. The molecule has 1 atom stereocenters. The lowest BCUT2D eigenvalue weighted by Gasteiger charge is -2.23. The second-order valence-electron chi connectivity index (χ2n) is 8.78. The monoisotopic (exact) mass is 433 g/mol. The first-order valence-electron chi connectivity index (χ1n) is 10.7. The lowest BCUT2D eigenvalue weighted by Crippen LogP contribution is -2.34. The third kappa shape index (κ3) is 4.03. The number of nitrogens with zero attached hydrogens (tertiary/aromatic N) is 6. The first-order valence-corrected chi connectivity index (χ1v) is 10.7. The van der Waals surface area contributed by atoms with Crippen molar-refractivity contribution in [1.82, 2.24) is 29.4 Å². The van der Waals surface area contributed by atoms with Crippen LogP contribution in [-0.2, 0) is 7.05 Å². The Morgan fingerprint density at radius 1 is 1.19 bits per heavy atom. The highest BCUT2D eigenvalue weighted by Crippen LogP contribution is 2.40. The molecular weight excluding hydrogens is 406 g/mol. The van der Waals surface area contributed by atoms with Crippen LogP contribution < -0.4 is 10.1 Å². The van der Waals surface area contributed by atoms with Crippen molar-refractivity contribution in [3.05, 3.63) is 48.2 Å². The van der Waals surface area contributed by atoms with Gasteiger partial charge in [-0.1, -0.05) is 0 Å². The number of hydrogen-bond donors (Lipinski definition) is 2. The number of aliphatic hydroxyl groups is 1. The maximum atomic E-state index is 10.6. The molecule has 0 unspecified atom stereocenters. The van der Waals surface area contributed by atoms with Crippen molar-refractivity contribution in [1.29, 1.82) is 0 Å². The highest BCUT2D eigenvalue weighted by molar-refractivity contribution is 5.72. The first-order chi connectivity index (χ1) is 15.3. The Balaban J connectivity index is 1.41. The van der Waals surface area contributed by atoms with Gasteiger partial charge in [-0.2, -0.15) is 10.2 Å². The molecule has 1 fully saturated rings. The lowest BCUT2D eigenvalue weighted by molar-refractivity contribution is -0.00747. The number of pyridine rings is 1. The van der Waals surface area contributed by atoms with Gasteiger partial charge in [-0.3, -0.25) is 4.68 Å². The van der Waals surface area contributed by atoms with Crippen molar-refractivity contribution in [2.75, 3.05) is 11.9 Å². The summed E-state index contributed by atoms with van der Waals surface area (Å²) in [6.07, 6.45) is 5.71. The second kappa shape index (κ2) is 7.59. The van der Waals surface area contributed by atoms with Crippen LogP contribution in [0.5, 0.6) is 5.75 Å². The predicted molar refractivity (Wildman–Crippen MR) is 121 cm³/mol. The topological polar surface area (TPSA) is 102 Å². The fourth-order valence-corrected chi connectivity index (χ4v) is 4.01. The smallest absolute Gasteiger partial charge is 0.165 e. The van der Waals surface area contributed by atoms with Gasteiger partial charge in [-0.15, -0.1) is 0 Å². The van der Waals surface area contributed by atoms with E-state index in [2.05, 4.69) is 25.5 Å². The molecule has 166 valence electrons. The number of aromatic nitrogens is 6. The maximum absolute atomic E-state index is 10.6. The highest BCUT2D eigenvalue weighted by atomic mass is 16.5. The zero-order valence-corrected chi connectivity index (χ0v) is 18.7. The van der Waals surface area contributed by atoms with Crippen molar-refractivity contribution in [2.24, 2.45) is 13.0 Å². The molecule has 0 radical (unpaired) electrons. The van der Waals surface area contributed by atoms with E-state index in [1.54, 1.807) is 10.9 Å². The van der Waals surface area contributed by atoms with Gasteiger partial charge in [0.2, 0.25) is 0 Å². The van der Waals surface area contributed by atoms with Crippen LogP contribution in [0.25, 0.3) is 16.8 Å². The Bertz CT molecular complexity index is 1270. The summed E-state index contributed by atoms with van der Waals surface area (Å²) in [5, 5.41) is 22.8. The highest BCUT2D eigenvalue weighted by Gasteiger charge is 2.40. The van der Waals surface area contributed by atoms with Crippen LogP contribution >= 0.6 is 0 Å². The van der Waals surface area contributed by atoms with Crippen molar-refractivity contribution in [2.45, 2.75) is 39.2 Å². The van der Waals surface area contributed by atoms with Gasteiger partial charge in [-0.05, 0) is 51.7 Å². The van der Waals surface area contributed by atoms with Crippen molar-refractivity contribution < 1.29 is 9.84 Å². The van der Waals surface area contributed by atoms with Crippen LogP contribution in [0.1, 0.15) is 31.3 Å². The normalized spacial score (nSPS) is 15.7. The summed E-state index contributed by atoms with van der Waals surface area (Å²) in [5.41, 5.74) is 2.82. The van der Waals surface area contributed by atoms with Gasteiger partial charge in [0.05, 0.1) is 17.3 Å². The predicted octanol–water partition coefficient (Wildman–Crippen LogP) is 3.43. The standard InChI is InChI=1S/C23H27N7O2/c1-14-9-20(26-15(2)25-14)27-21-11-18-10-16(7-8-30(18)28-21)22-19(12-24-29(22)4)32-13-23(3,31)17-5-6-17/h7-12,17,31H,5-6,13H2,1-4H3,(H,25,26,27,28)/t23-/m0/s1. The molecule has 0 aliphatic heterocycles. The van der Waals surface area contributed by atoms with Crippen molar-refractivity contribution in [3.8, 4) is 17.0 Å². The van der Waals surface area contributed by atoms with Crippen molar-refractivity contribution in [3.63, 3.8) is 0 Å². The summed E-state index contributed by atoms with van der Waals surface area (Å²) in [6, 6.07) is 7.87. The van der Waals surface area contributed by atoms with E-state index in [1.165, 1.54) is 0 Å². The quantitative estimate of drug-likeness (QED) is 0.460. The Morgan fingerprint density at radius 2 is 2.00 bits per heavy atom. The summed E-state index contributed by atoms with van der Waals surface area (Å²) in [5.74, 6) is 3.09. The molecule has 1 aliphatic carbocycles. The summed E-state index contributed by atoms with van der Waals surface area (Å²) >= 11 is 0. The van der Waals surface area contributed by atoms with Gasteiger partial charge in [0.25, 0.3) is 0 Å². The molecule has 4 aromatic rings. The number of aryl methyl sites for hydroxylation is 3. The summed E-state index contributed by atoms with van der Waals surface area (Å²) in [7, 11) is 1.88. The Morgan fingerprint density at radius 3 is 2.75 bits per heavy atom. The summed E-state index contributed by atoms with van der Waals surface area (Å²) in [4.78, 5) is 8.72. The molecule has 9 nitrogen and oxygen atoms in total. The lowest BCUT2D eigenvalue weighted by atomic mass is 10.0. The molecule has 0 aromatic carbocycles. The number of fused-ring (bicyclic) bond motifs is 1. The van der Waals surface area contributed by atoms with Gasteiger partial charge < -0.3 is 15.2 Å². The molecular formula is C23H27N7O2. The van der Waals surface area contributed by atoms with Crippen LogP contribution in [-0.4, -0.2) is 46.7 Å². The van der Waals surface area contributed by atoms with E-state index in [-0.39, 0.29) is 6.61 Å². The third-order valence-corrected chi connectivity index (χ3v) is 5.84. The summed E-state index contributed by atoms with van der Waals surface area (Å²) in [6.45, 7) is 5.89. The van der Waals surface area contributed by atoms with Gasteiger partial charge in [0.15, 0.2) is 11.6 Å². The molecule has 2 N–H and O–H groups in total. The number of hydrogen-bond acceptors (Lipinski definition) is 7. The van der Waals surface area contributed by atoms with Gasteiger partial charge in [0, 0.05) is 36.6 Å². The van der Waals surface area contributed by atoms with Crippen molar-refractivity contribution >= 4 is 17.2 Å². The Kier molecular flexibility index (Phi) is 4.85. The number of anilines is 2. The minimum absolute atomic E-state index is 0.247. The van der Waals surface area contributed by atoms with E-state index in [4.69, 9.17) is 4.74 Å². The third-order valence-electron chi connectivity index (χ3n) is 5.84. The average Bonchev–Trinajstić information content (AvgIpc) is 3.42. The molecule has 32 heavy (non-hydrogen) atoms. The zero-order valence-electron chi connectivity index (χ0n) is 18.7. The zero-order chi connectivity index (χ0) is 22.5. The molecule has 1 aliphatic rings. The number of ether oxygens (including phenoxy) is 1. The molecule has 4 heterocycles. The van der Waals surface area contributed by atoms with Gasteiger partial charge in [0.1, 0.15) is 23.9 Å². The van der Waals surface area contributed by atoms with Crippen LogP contribution in [0, 0.1) is 19.8 Å². The van der Waals surface area contributed by atoms with Crippen LogP contribution in [0.4, 0.5) is 11.6 Å². The minimum atomic E-state index is -0.819. The van der Waals surface area contributed by atoms with Crippen LogP contribution in [0.15, 0.2) is 36.7 Å². The Labute approximate surface area is 186 Å². The Hall–Kier alpha value is -3.46. The second-order valence-corrected chi connectivity index (χ2v) is 8.78. The van der Waals surface area contributed by atoms with E-state index in [0.29, 0.717) is 29.1 Å². The summed E-state index contributed by atoms with van der Waals surface area (Å²) < 4.78 is 9.61. The molecule has 0 spiro atoms. The fraction of sp³-hybridized carbons (Fsp3) is 0.391. The van der Waals surface area contributed by atoms with E-state index in [9.17, 15) is 5.11 Å². The molecule has 0 bridgehead atoms. The molecule has 0 saturated heterocycles. The minimum Gasteiger partial charge on any atom is -0.487 e. The van der Waals surface area contributed by atoms with Gasteiger partial charge in [-0.25, -0.2) is 14.5 Å². The fourth-order valence-electron chi connectivity index (χ4n) is 4.01. The van der Waals surface area contributed by atoms with E-state index < -0.39 is 5.60 Å². The molecule has 0 amide bonds. The molecule has 9 heteroatoms. The first kappa shape index (κ1) is 20.4. The van der Waals surface area contributed by atoms with Crippen LogP contribution in [0.2, 0.25) is 0 Å². The van der Waals surface area contributed by atoms with E-state index in [1.807, 2.05) is 62.8 Å². The number of rotatable bonds is 7. The largest absolute Gasteiger partial charge is 0.487 e. The average molecular weight is 434 g/mol. The van der Waals surface area contributed by atoms with Gasteiger partial charge >= 0.3 is 0 Å². The number of nitrogens with one attached hydrogen (secondary N) is 1. The molecule has 5 rings (SSSR count). The molecule has 1 saturated carbocycles. The van der Waals surface area contributed by atoms with Crippen LogP contribution in [0.3, 0.4) is 0 Å². The SMILES string of the molecule is Cc1cc(Nc2cc3cc(-c4c(OC[C@](C)(O)C5CC5)cnn4C)ccn3n2)nc(C)n1. The van der Waals surface area contributed by atoms with E-state index >= 15 is 0 Å². The van der Waals surface area contributed by atoms with E-state index in [0.717, 1.165) is 35.3 Å². The molecule has 4 aromatic heterocycles.